The van der Waals surface area contributed by atoms with Crippen molar-refractivity contribution < 1.29 is 46.4 Å². The summed E-state index contributed by atoms with van der Waals surface area (Å²) in [4.78, 5) is 14.5. The van der Waals surface area contributed by atoms with Gasteiger partial charge in [0.1, 0.15) is 5.56 Å². The van der Waals surface area contributed by atoms with Crippen molar-refractivity contribution in [2.45, 2.75) is 50.6 Å². The molecule has 12 heteroatoms. The van der Waals surface area contributed by atoms with E-state index >= 15 is 0 Å². The third kappa shape index (κ3) is 7.53. The van der Waals surface area contributed by atoms with Crippen molar-refractivity contribution in [1.82, 2.24) is 4.90 Å². The van der Waals surface area contributed by atoms with Gasteiger partial charge in [-0.05, 0) is 42.8 Å². The van der Waals surface area contributed by atoms with Crippen LogP contribution in [0.15, 0.2) is 78.9 Å². The molecule has 1 heterocycles. The van der Waals surface area contributed by atoms with Gasteiger partial charge in [0.2, 0.25) is 5.82 Å². The Bertz CT molecular complexity index is 1660. The lowest BCUT2D eigenvalue weighted by atomic mass is 9.98. The van der Waals surface area contributed by atoms with Crippen LogP contribution in [0.2, 0.25) is 0 Å². The summed E-state index contributed by atoms with van der Waals surface area (Å²) in [5.41, 5.74) is 1.33. The van der Waals surface area contributed by atoms with E-state index in [2.05, 4.69) is 5.32 Å². The average Bonchev–Trinajstić information content (AvgIpc) is 3.09. The van der Waals surface area contributed by atoms with E-state index in [1.807, 2.05) is 61.3 Å². The highest BCUT2D eigenvalue weighted by molar-refractivity contribution is 6.04. The maximum atomic E-state index is 14.1. The average molecular weight is 657 g/mol. The van der Waals surface area contributed by atoms with Gasteiger partial charge in [-0.3, -0.25) is 9.69 Å². The molecule has 5 atom stereocenters. The number of amides is 1. The Morgan fingerprint density at radius 2 is 1.43 bits per heavy atom. The number of aliphatic hydroxyl groups is 2. The van der Waals surface area contributed by atoms with Crippen molar-refractivity contribution >= 4 is 11.6 Å². The van der Waals surface area contributed by atoms with Crippen molar-refractivity contribution in [1.29, 1.82) is 0 Å². The fourth-order valence-corrected chi connectivity index (χ4v) is 5.41. The number of nitrogens with one attached hydrogen (secondary N) is 1. The normalized spacial score (nSPS) is 19.4. The minimum absolute atomic E-state index is 0.0228. The van der Waals surface area contributed by atoms with Crippen molar-refractivity contribution in [2.24, 2.45) is 0 Å². The maximum Gasteiger partial charge on any atom is 0.261 e. The number of hydrogen-bond donors (Lipinski definition) is 3. The molecule has 0 bridgehead atoms. The summed E-state index contributed by atoms with van der Waals surface area (Å²) in [6.45, 7) is 2.24. The maximum absolute atomic E-state index is 14.1. The number of likely N-dealkylation sites (N-methyl/N-ethyl adjacent to an activating group) is 1. The smallest absolute Gasteiger partial charge is 0.261 e. The molecule has 0 radical (unpaired) electrons. The molecule has 1 amide bonds. The summed E-state index contributed by atoms with van der Waals surface area (Å²) in [6, 6.07) is 22.2. The van der Waals surface area contributed by atoms with Gasteiger partial charge >= 0.3 is 0 Å². The molecule has 0 aliphatic carbocycles. The number of ether oxygens (including phenoxy) is 2. The Hall–Kier alpha value is -4.20. The molecule has 248 valence electrons. The molecule has 1 fully saturated rings. The van der Waals surface area contributed by atoms with Crippen LogP contribution < -0.4 is 5.32 Å². The van der Waals surface area contributed by atoms with Crippen LogP contribution in [0.4, 0.5) is 27.6 Å². The largest absolute Gasteiger partial charge is 0.392 e. The van der Waals surface area contributed by atoms with E-state index in [4.69, 9.17) is 9.47 Å². The zero-order chi connectivity index (χ0) is 33.8. The third-order valence-electron chi connectivity index (χ3n) is 8.28. The SMILES string of the molecule is C[C@@H]([C@H](O)c1ccccc1)N(C)C[C@H]1C[C@@H](c2ccc(CO)cc2)O[C@@H](c2ccc(NC(=O)c3c(F)c(F)c(F)c(F)c3F)cc2)O1. The van der Waals surface area contributed by atoms with E-state index in [0.29, 0.717) is 18.5 Å². The van der Waals surface area contributed by atoms with Crippen LogP contribution in [0.1, 0.15) is 64.5 Å². The monoisotopic (exact) mass is 656 g/mol. The molecular weight excluding hydrogens is 623 g/mol. The van der Waals surface area contributed by atoms with Crippen LogP contribution in [0.5, 0.6) is 0 Å². The zero-order valence-electron chi connectivity index (χ0n) is 25.5. The third-order valence-corrected chi connectivity index (χ3v) is 8.28. The molecule has 4 aromatic carbocycles. The molecule has 0 unspecified atom stereocenters. The molecule has 1 aliphatic heterocycles. The molecule has 0 saturated carbocycles. The van der Waals surface area contributed by atoms with Crippen molar-refractivity contribution in [2.75, 3.05) is 18.9 Å². The molecule has 1 saturated heterocycles. The molecule has 3 N–H and O–H groups in total. The summed E-state index contributed by atoms with van der Waals surface area (Å²) in [6.07, 6.45) is -1.93. The van der Waals surface area contributed by atoms with Crippen LogP contribution in [0, 0.1) is 29.1 Å². The van der Waals surface area contributed by atoms with E-state index < -0.39 is 59.1 Å². The van der Waals surface area contributed by atoms with Gasteiger partial charge in [0, 0.05) is 30.3 Å². The van der Waals surface area contributed by atoms with E-state index in [-0.39, 0.29) is 24.4 Å². The highest BCUT2D eigenvalue weighted by Crippen LogP contribution is 2.39. The number of aliphatic hydroxyl groups excluding tert-OH is 2. The second-order valence-corrected chi connectivity index (χ2v) is 11.4. The summed E-state index contributed by atoms with van der Waals surface area (Å²) in [5.74, 6) is -12.8. The second kappa shape index (κ2) is 14.7. The number of halogens is 5. The van der Waals surface area contributed by atoms with Gasteiger partial charge < -0.3 is 25.0 Å². The molecule has 1 aliphatic rings. The predicted octanol–water partition coefficient (Wildman–Crippen LogP) is 6.73. The van der Waals surface area contributed by atoms with Crippen molar-refractivity contribution in [3.63, 3.8) is 0 Å². The molecule has 7 nitrogen and oxygen atoms in total. The molecule has 4 aromatic rings. The van der Waals surface area contributed by atoms with Crippen LogP contribution in [-0.4, -0.2) is 46.8 Å². The van der Waals surface area contributed by atoms with Gasteiger partial charge in [0.05, 0.1) is 24.9 Å². The standard InChI is InChI=1S/C35H33F5N2O5/c1-19(33(44)22-6-4-3-5-7-22)42(2)17-25-16-26(21-10-8-20(18-43)9-11-21)47-35(46-25)23-12-14-24(15-13-23)41-34(45)27-28(36)30(38)32(40)31(39)29(27)37/h3-15,19,25-26,33,35,43-44H,16-18H2,1-2H3,(H,41,45)/t19-,25+,26-,33-,35-/m0/s1. The lowest BCUT2D eigenvalue weighted by Gasteiger charge is -2.39. The predicted molar refractivity (Wildman–Crippen MR) is 163 cm³/mol. The first-order chi connectivity index (χ1) is 22.5. The molecule has 47 heavy (non-hydrogen) atoms. The Morgan fingerprint density at radius 3 is 2.02 bits per heavy atom. The first kappa shape index (κ1) is 34.1. The summed E-state index contributed by atoms with van der Waals surface area (Å²) in [7, 11) is 1.89. The van der Waals surface area contributed by atoms with Crippen molar-refractivity contribution in [3.05, 3.63) is 136 Å². The highest BCUT2D eigenvalue weighted by Gasteiger charge is 2.34. The topological polar surface area (TPSA) is 91.3 Å². The Labute approximate surface area is 268 Å². The van der Waals surface area contributed by atoms with Crippen LogP contribution in [0.3, 0.4) is 0 Å². The quantitative estimate of drug-likeness (QED) is 0.0998. The minimum Gasteiger partial charge on any atom is -0.392 e. The van der Waals surface area contributed by atoms with Gasteiger partial charge in [-0.15, -0.1) is 0 Å². The summed E-state index contributed by atoms with van der Waals surface area (Å²) < 4.78 is 81.6. The molecular formula is C35H33F5N2O5. The molecule has 0 aromatic heterocycles. The fourth-order valence-electron chi connectivity index (χ4n) is 5.41. The Morgan fingerprint density at radius 1 is 0.851 bits per heavy atom. The number of carbonyl (C=O) groups is 1. The van der Waals surface area contributed by atoms with Crippen LogP contribution in [-0.2, 0) is 16.1 Å². The summed E-state index contributed by atoms with van der Waals surface area (Å²) in [5, 5.41) is 22.6. The molecule has 5 rings (SSSR count). The Kier molecular flexibility index (Phi) is 10.7. The lowest BCUT2D eigenvalue weighted by molar-refractivity contribution is -0.253. The Balaban J connectivity index is 1.34. The molecule has 0 spiro atoms. The van der Waals surface area contributed by atoms with Crippen LogP contribution >= 0.6 is 0 Å². The van der Waals surface area contributed by atoms with Crippen molar-refractivity contribution in [3.8, 4) is 0 Å². The van der Waals surface area contributed by atoms with E-state index in [9.17, 15) is 37.0 Å². The number of nitrogens with zero attached hydrogens (tertiary/aromatic N) is 1. The minimum atomic E-state index is -2.36. The van der Waals surface area contributed by atoms with E-state index in [1.165, 1.54) is 12.1 Å². The van der Waals surface area contributed by atoms with E-state index in [1.54, 1.807) is 24.3 Å². The zero-order valence-corrected chi connectivity index (χ0v) is 25.5. The van der Waals surface area contributed by atoms with Gasteiger partial charge in [0.15, 0.2) is 29.6 Å². The number of rotatable bonds is 10. The van der Waals surface area contributed by atoms with Gasteiger partial charge in [-0.1, -0.05) is 66.7 Å². The van der Waals surface area contributed by atoms with Gasteiger partial charge in [-0.2, -0.15) is 0 Å². The highest BCUT2D eigenvalue weighted by atomic mass is 19.2. The first-order valence-electron chi connectivity index (χ1n) is 14.8. The fraction of sp³-hybridized carbons (Fsp3) is 0.286. The second-order valence-electron chi connectivity index (χ2n) is 11.4. The number of anilines is 1. The van der Waals surface area contributed by atoms with Crippen LogP contribution in [0.25, 0.3) is 0 Å². The number of carbonyl (C=O) groups excluding carboxylic acids is 1. The lowest BCUT2D eigenvalue weighted by Crippen LogP contribution is -2.43. The number of hydrogen-bond acceptors (Lipinski definition) is 6. The summed E-state index contributed by atoms with van der Waals surface area (Å²) >= 11 is 0. The van der Waals surface area contributed by atoms with Gasteiger partial charge in [0.25, 0.3) is 5.91 Å². The number of benzene rings is 4. The van der Waals surface area contributed by atoms with E-state index in [0.717, 1.165) is 16.7 Å². The van der Waals surface area contributed by atoms with Gasteiger partial charge in [-0.25, -0.2) is 22.0 Å². The first-order valence-corrected chi connectivity index (χ1v) is 14.8.